The number of aromatic nitrogens is 2. The van der Waals surface area contributed by atoms with E-state index in [9.17, 15) is 0 Å². The summed E-state index contributed by atoms with van der Waals surface area (Å²) in [6.45, 7) is 0.642. The molecule has 1 rings (SSSR count). The van der Waals surface area contributed by atoms with Gasteiger partial charge in [0.25, 0.3) is 0 Å². The number of hydrogen-bond acceptors (Lipinski definition) is 0. The fraction of sp³-hybridized carbons (Fsp3) is 0.286. The van der Waals surface area contributed by atoms with Crippen molar-refractivity contribution in [2.45, 2.75) is 6.54 Å². The molecule has 0 spiro atoms. The van der Waals surface area contributed by atoms with Crippen LogP contribution in [0.25, 0.3) is 0 Å². The molecule has 0 saturated carbocycles. The van der Waals surface area contributed by atoms with Gasteiger partial charge in [-0.2, -0.15) is 0 Å². The van der Waals surface area contributed by atoms with Crippen LogP contribution in [0.5, 0.6) is 0 Å². The average molecular weight is 121 g/mol. The molecule has 0 amide bonds. The van der Waals surface area contributed by atoms with Gasteiger partial charge in [-0.15, -0.1) is 15.8 Å². The number of hydrogen-bond donors (Lipinski definition) is 0. The highest BCUT2D eigenvalue weighted by Gasteiger charge is 1.96. The molecule has 0 aliphatic carbocycles. The van der Waals surface area contributed by atoms with Crippen molar-refractivity contribution in [3.05, 3.63) is 18.5 Å². The normalized spacial score (nSPS) is 8.89. The van der Waals surface area contributed by atoms with E-state index in [-0.39, 0.29) is 0 Å². The maximum absolute atomic E-state index is 5.10. The molecule has 0 saturated heterocycles. The van der Waals surface area contributed by atoms with Crippen LogP contribution in [0.3, 0.4) is 0 Å². The van der Waals surface area contributed by atoms with E-state index in [1.54, 1.807) is 0 Å². The standard InChI is InChI=1S/C7H9N2/c1-3-5-9-7-4-6-8(9)2/h1,4,6-7H,5H2,2H3/q+1. The van der Waals surface area contributed by atoms with Crippen molar-refractivity contribution in [2.75, 3.05) is 0 Å². The van der Waals surface area contributed by atoms with Gasteiger partial charge in [-0.3, -0.25) is 0 Å². The quantitative estimate of drug-likeness (QED) is 0.364. The van der Waals surface area contributed by atoms with Crippen LogP contribution in [0.15, 0.2) is 18.5 Å². The predicted octanol–water partition coefficient (Wildman–Crippen LogP) is -0.0542. The van der Waals surface area contributed by atoms with Gasteiger partial charge in [0, 0.05) is 6.07 Å². The van der Waals surface area contributed by atoms with Gasteiger partial charge in [0.15, 0.2) is 13.2 Å². The minimum atomic E-state index is 0.642. The van der Waals surface area contributed by atoms with Crippen LogP contribution in [0.4, 0.5) is 0 Å². The van der Waals surface area contributed by atoms with E-state index in [4.69, 9.17) is 6.42 Å². The van der Waals surface area contributed by atoms with Crippen molar-refractivity contribution in [1.82, 2.24) is 4.68 Å². The third kappa shape index (κ3) is 1.11. The molecule has 46 valence electrons. The summed E-state index contributed by atoms with van der Waals surface area (Å²) < 4.78 is 3.89. The summed E-state index contributed by atoms with van der Waals surface area (Å²) in [5.41, 5.74) is 0. The summed E-state index contributed by atoms with van der Waals surface area (Å²) in [5.74, 6) is 2.55. The van der Waals surface area contributed by atoms with Gasteiger partial charge in [-0.05, 0) is 0 Å². The number of rotatable bonds is 1. The molecular formula is C7H9N2+. The molecule has 0 atom stereocenters. The van der Waals surface area contributed by atoms with Gasteiger partial charge in [-0.25, -0.2) is 0 Å². The monoisotopic (exact) mass is 121 g/mol. The molecule has 0 unspecified atom stereocenters. The summed E-state index contributed by atoms with van der Waals surface area (Å²) in [6.07, 6.45) is 9.00. The lowest BCUT2D eigenvalue weighted by molar-refractivity contribution is -0.752. The van der Waals surface area contributed by atoms with Gasteiger partial charge in [0.05, 0.1) is 6.20 Å². The minimum Gasteiger partial charge on any atom is -0.149 e. The number of terminal acetylenes is 1. The molecule has 1 aromatic heterocycles. The van der Waals surface area contributed by atoms with Crippen LogP contribution in [-0.2, 0) is 13.6 Å². The second-order valence-corrected chi connectivity index (χ2v) is 1.87. The van der Waals surface area contributed by atoms with E-state index < -0.39 is 0 Å². The van der Waals surface area contributed by atoms with E-state index in [1.165, 1.54) is 0 Å². The zero-order valence-electron chi connectivity index (χ0n) is 5.41. The van der Waals surface area contributed by atoms with Gasteiger partial charge in [0.2, 0.25) is 0 Å². The fourth-order valence-corrected chi connectivity index (χ4v) is 0.711. The van der Waals surface area contributed by atoms with Crippen molar-refractivity contribution >= 4 is 0 Å². The summed E-state index contributed by atoms with van der Waals surface area (Å²) >= 11 is 0. The first kappa shape index (κ1) is 5.90. The Labute approximate surface area is 54.7 Å². The third-order valence-corrected chi connectivity index (χ3v) is 1.22. The summed E-state index contributed by atoms with van der Waals surface area (Å²) in [6, 6.07) is 1.96. The van der Waals surface area contributed by atoms with Crippen molar-refractivity contribution in [3.63, 3.8) is 0 Å². The summed E-state index contributed by atoms with van der Waals surface area (Å²) in [4.78, 5) is 0. The van der Waals surface area contributed by atoms with E-state index in [0.717, 1.165) is 0 Å². The Kier molecular flexibility index (Phi) is 1.55. The molecule has 9 heavy (non-hydrogen) atoms. The maximum atomic E-state index is 5.10. The predicted molar refractivity (Wildman–Crippen MR) is 34.4 cm³/mol. The third-order valence-electron chi connectivity index (χ3n) is 1.22. The molecule has 0 bridgehead atoms. The first-order chi connectivity index (χ1) is 4.34. The lowest BCUT2D eigenvalue weighted by atomic mass is 10.7. The second kappa shape index (κ2) is 2.36. The van der Waals surface area contributed by atoms with Crippen molar-refractivity contribution < 1.29 is 4.68 Å². The van der Waals surface area contributed by atoms with Crippen LogP contribution in [-0.4, -0.2) is 4.68 Å². The molecule has 2 nitrogen and oxygen atoms in total. The Hall–Kier alpha value is -1.23. The molecule has 1 aromatic rings. The zero-order chi connectivity index (χ0) is 6.69. The van der Waals surface area contributed by atoms with E-state index >= 15 is 0 Å². The highest BCUT2D eigenvalue weighted by molar-refractivity contribution is 4.84. The van der Waals surface area contributed by atoms with Gasteiger partial charge in [-0.1, -0.05) is 5.92 Å². The van der Waals surface area contributed by atoms with E-state index in [0.29, 0.717) is 6.54 Å². The topological polar surface area (TPSA) is 8.81 Å². The first-order valence-electron chi connectivity index (χ1n) is 2.79. The fourth-order valence-electron chi connectivity index (χ4n) is 0.711. The molecule has 0 aromatic carbocycles. The lowest BCUT2D eigenvalue weighted by Crippen LogP contribution is -2.37. The maximum Gasteiger partial charge on any atom is 0.195 e. The number of nitrogens with zero attached hydrogens (tertiary/aromatic N) is 2. The van der Waals surface area contributed by atoms with Crippen LogP contribution >= 0.6 is 0 Å². The van der Waals surface area contributed by atoms with Crippen LogP contribution in [0.2, 0.25) is 0 Å². The average Bonchev–Trinajstić information content (AvgIpc) is 2.18. The molecule has 2 heteroatoms. The minimum absolute atomic E-state index is 0.642. The molecule has 0 radical (unpaired) electrons. The van der Waals surface area contributed by atoms with Gasteiger partial charge in [0.1, 0.15) is 6.54 Å². The Morgan fingerprint density at radius 2 is 2.56 bits per heavy atom. The largest absolute Gasteiger partial charge is 0.195 e. The Morgan fingerprint density at radius 1 is 1.78 bits per heavy atom. The molecule has 0 aliphatic rings. The molecule has 0 aliphatic heterocycles. The zero-order valence-corrected chi connectivity index (χ0v) is 5.41. The summed E-state index contributed by atoms with van der Waals surface area (Å²) in [5, 5.41) is 0. The van der Waals surface area contributed by atoms with Gasteiger partial charge >= 0.3 is 0 Å². The lowest BCUT2D eigenvalue weighted by Gasteiger charge is -1.89. The SMILES string of the molecule is C#CCn1ccc[n+]1C. The van der Waals surface area contributed by atoms with Crippen LogP contribution in [0.1, 0.15) is 0 Å². The highest BCUT2D eigenvalue weighted by atomic mass is 15.4. The van der Waals surface area contributed by atoms with E-state index in [1.807, 2.05) is 34.9 Å². The smallest absolute Gasteiger partial charge is 0.149 e. The van der Waals surface area contributed by atoms with Crippen molar-refractivity contribution in [2.24, 2.45) is 7.05 Å². The highest BCUT2D eigenvalue weighted by Crippen LogP contribution is 1.77. The Balaban J connectivity index is 2.84. The second-order valence-electron chi connectivity index (χ2n) is 1.87. The van der Waals surface area contributed by atoms with Crippen LogP contribution in [0, 0.1) is 12.3 Å². The molecule has 0 N–H and O–H groups in total. The van der Waals surface area contributed by atoms with E-state index in [2.05, 4.69) is 5.92 Å². The Bertz CT molecular complexity index is 229. The molecule has 0 fully saturated rings. The molecular weight excluding hydrogens is 112 g/mol. The van der Waals surface area contributed by atoms with Gasteiger partial charge < -0.3 is 0 Å². The van der Waals surface area contributed by atoms with Crippen molar-refractivity contribution in [3.8, 4) is 12.3 Å². The number of aryl methyl sites for hydroxylation is 1. The molecule has 1 heterocycles. The van der Waals surface area contributed by atoms with Crippen LogP contribution < -0.4 is 4.68 Å². The van der Waals surface area contributed by atoms with Crippen molar-refractivity contribution in [1.29, 1.82) is 0 Å². The Morgan fingerprint density at radius 3 is 3.00 bits per heavy atom. The summed E-state index contributed by atoms with van der Waals surface area (Å²) in [7, 11) is 1.96. The first-order valence-corrected chi connectivity index (χ1v) is 2.79.